The van der Waals surface area contributed by atoms with Gasteiger partial charge in [0, 0.05) is 41.8 Å². The highest BCUT2D eigenvalue weighted by molar-refractivity contribution is 6.30. The first kappa shape index (κ1) is 21.1. The fourth-order valence-electron chi connectivity index (χ4n) is 3.97. The second kappa shape index (κ2) is 9.02. The van der Waals surface area contributed by atoms with Crippen LogP contribution in [0, 0.1) is 6.92 Å². The fraction of sp³-hybridized carbons (Fsp3) is 0.115. The third kappa shape index (κ3) is 4.31. The van der Waals surface area contributed by atoms with Crippen LogP contribution in [0.15, 0.2) is 83.9 Å². The van der Waals surface area contributed by atoms with Gasteiger partial charge < -0.3 is 5.32 Å². The number of halogens is 1. The second-order valence-electron chi connectivity index (χ2n) is 7.86. The minimum Gasteiger partial charge on any atom is -0.307 e. The van der Waals surface area contributed by atoms with Crippen molar-refractivity contribution in [2.45, 2.75) is 20.0 Å². The predicted molar refractivity (Wildman–Crippen MR) is 132 cm³/mol. The van der Waals surface area contributed by atoms with E-state index in [0.29, 0.717) is 23.5 Å². The van der Waals surface area contributed by atoms with E-state index in [1.807, 2.05) is 49.4 Å². The van der Waals surface area contributed by atoms with Gasteiger partial charge in [0.25, 0.3) is 5.56 Å². The monoisotopic (exact) mass is 455 g/mol. The molecule has 0 unspecified atom stereocenters. The van der Waals surface area contributed by atoms with E-state index in [2.05, 4.69) is 32.5 Å². The van der Waals surface area contributed by atoms with E-state index in [1.54, 1.807) is 24.5 Å². The first-order valence-electron chi connectivity index (χ1n) is 10.7. The zero-order valence-corrected chi connectivity index (χ0v) is 18.8. The molecule has 6 nitrogen and oxygen atoms in total. The largest absolute Gasteiger partial charge is 0.307 e. The minimum absolute atomic E-state index is 0.144. The molecule has 3 aromatic heterocycles. The smallest absolute Gasteiger partial charge is 0.280 e. The molecule has 5 aromatic rings. The normalized spacial score (nSPS) is 11.2. The van der Waals surface area contributed by atoms with Gasteiger partial charge in [-0.1, -0.05) is 35.9 Å². The van der Waals surface area contributed by atoms with Crippen LogP contribution in [0.2, 0.25) is 5.02 Å². The third-order valence-electron chi connectivity index (χ3n) is 5.59. The van der Waals surface area contributed by atoms with Crippen molar-refractivity contribution < 1.29 is 0 Å². The van der Waals surface area contributed by atoms with Crippen LogP contribution in [-0.2, 0) is 13.1 Å². The molecule has 0 fully saturated rings. The van der Waals surface area contributed by atoms with Crippen LogP contribution in [-0.4, -0.2) is 19.7 Å². The first-order chi connectivity index (χ1) is 16.1. The summed E-state index contributed by atoms with van der Waals surface area (Å²) in [5, 5.41) is 7.89. The summed E-state index contributed by atoms with van der Waals surface area (Å²) >= 11 is 6.01. The molecule has 0 aliphatic heterocycles. The van der Waals surface area contributed by atoms with Crippen LogP contribution in [0.5, 0.6) is 0 Å². The lowest BCUT2D eigenvalue weighted by atomic mass is 10.00. The van der Waals surface area contributed by atoms with E-state index in [1.165, 1.54) is 4.68 Å². The highest BCUT2D eigenvalue weighted by Gasteiger charge is 2.16. The SMILES string of the molecule is Cc1ncc2c(=O)n(-c3ccc(Cl)cc3)[nH]c2c1-c1cccc(CNCc2ccccn2)c1. The molecule has 0 amide bonds. The number of hydrogen-bond donors (Lipinski definition) is 2. The quantitative estimate of drug-likeness (QED) is 0.376. The van der Waals surface area contributed by atoms with Crippen molar-refractivity contribution in [2.75, 3.05) is 0 Å². The zero-order valence-electron chi connectivity index (χ0n) is 18.0. The van der Waals surface area contributed by atoms with Crippen molar-refractivity contribution in [3.8, 4) is 16.8 Å². The van der Waals surface area contributed by atoms with E-state index in [0.717, 1.165) is 39.3 Å². The molecule has 0 atom stereocenters. The molecule has 5 rings (SSSR count). The predicted octanol–water partition coefficient (Wildman–Crippen LogP) is 5.03. The van der Waals surface area contributed by atoms with Gasteiger partial charge in [0.15, 0.2) is 0 Å². The Bertz CT molecular complexity index is 1470. The summed E-state index contributed by atoms with van der Waals surface area (Å²) in [6.45, 7) is 3.35. The van der Waals surface area contributed by atoms with Crippen LogP contribution in [0.4, 0.5) is 0 Å². The number of aromatic amines is 1. The lowest BCUT2D eigenvalue weighted by Crippen LogP contribution is -2.14. The van der Waals surface area contributed by atoms with Crippen molar-refractivity contribution in [2.24, 2.45) is 0 Å². The Hall–Kier alpha value is -3.74. The molecule has 0 spiro atoms. The number of fused-ring (bicyclic) bond motifs is 1. The molecule has 3 heterocycles. The molecule has 2 aromatic carbocycles. The maximum absolute atomic E-state index is 13.1. The van der Waals surface area contributed by atoms with Crippen LogP contribution < -0.4 is 10.9 Å². The summed E-state index contributed by atoms with van der Waals surface area (Å²) in [5.74, 6) is 0. The van der Waals surface area contributed by atoms with Gasteiger partial charge in [-0.15, -0.1) is 0 Å². The van der Waals surface area contributed by atoms with E-state index in [-0.39, 0.29) is 5.56 Å². The molecule has 164 valence electrons. The van der Waals surface area contributed by atoms with Crippen molar-refractivity contribution in [3.05, 3.63) is 111 Å². The highest BCUT2D eigenvalue weighted by atomic mass is 35.5. The van der Waals surface area contributed by atoms with Gasteiger partial charge in [-0.25, -0.2) is 4.68 Å². The topological polar surface area (TPSA) is 75.6 Å². The van der Waals surface area contributed by atoms with Crippen LogP contribution in [0.25, 0.3) is 27.7 Å². The van der Waals surface area contributed by atoms with E-state index >= 15 is 0 Å². The molecule has 0 saturated heterocycles. The molecule has 7 heteroatoms. The highest BCUT2D eigenvalue weighted by Crippen LogP contribution is 2.29. The number of benzene rings is 2. The minimum atomic E-state index is -0.144. The van der Waals surface area contributed by atoms with Crippen molar-refractivity contribution in [3.63, 3.8) is 0 Å². The van der Waals surface area contributed by atoms with Gasteiger partial charge in [0.1, 0.15) is 0 Å². The van der Waals surface area contributed by atoms with Gasteiger partial charge in [0.2, 0.25) is 0 Å². The van der Waals surface area contributed by atoms with Crippen molar-refractivity contribution >= 4 is 22.5 Å². The maximum Gasteiger partial charge on any atom is 0.280 e. The Labute approximate surface area is 195 Å². The van der Waals surface area contributed by atoms with Gasteiger partial charge in [-0.2, -0.15) is 0 Å². The zero-order chi connectivity index (χ0) is 22.8. The summed E-state index contributed by atoms with van der Waals surface area (Å²) in [7, 11) is 0. The van der Waals surface area contributed by atoms with E-state index in [4.69, 9.17) is 11.6 Å². The Kier molecular flexibility index (Phi) is 5.77. The van der Waals surface area contributed by atoms with Gasteiger partial charge in [-0.05, 0) is 60.5 Å². The summed E-state index contributed by atoms with van der Waals surface area (Å²) in [5.41, 5.74) is 6.26. The lowest BCUT2D eigenvalue weighted by molar-refractivity contribution is 0.680. The summed E-state index contributed by atoms with van der Waals surface area (Å²) in [6, 6.07) is 21.3. The number of aryl methyl sites for hydroxylation is 1. The number of rotatable bonds is 6. The molecule has 33 heavy (non-hydrogen) atoms. The molecule has 0 saturated carbocycles. The van der Waals surface area contributed by atoms with Crippen molar-refractivity contribution in [1.82, 2.24) is 25.1 Å². The van der Waals surface area contributed by atoms with Gasteiger partial charge in [-0.3, -0.25) is 19.9 Å². The van der Waals surface area contributed by atoms with Crippen LogP contribution >= 0.6 is 11.6 Å². The number of nitrogens with one attached hydrogen (secondary N) is 2. The molecule has 2 N–H and O–H groups in total. The summed E-state index contributed by atoms with van der Waals surface area (Å²) < 4.78 is 1.53. The standard InChI is InChI=1S/C26H22ClN5O/c1-17-24(19-6-4-5-18(13-19)14-28-15-21-7-2-3-12-29-21)25-23(16-30-17)26(33)32(31-25)22-10-8-20(27)9-11-22/h2-13,16,28,31H,14-15H2,1H3. The Morgan fingerprint density at radius 2 is 1.85 bits per heavy atom. The van der Waals surface area contributed by atoms with E-state index < -0.39 is 0 Å². The summed E-state index contributed by atoms with van der Waals surface area (Å²) in [6.07, 6.45) is 3.43. The summed E-state index contributed by atoms with van der Waals surface area (Å²) in [4.78, 5) is 22.0. The van der Waals surface area contributed by atoms with Gasteiger partial charge >= 0.3 is 0 Å². The average Bonchev–Trinajstić information content (AvgIpc) is 3.16. The number of pyridine rings is 2. The number of aromatic nitrogens is 4. The number of nitrogens with zero attached hydrogens (tertiary/aromatic N) is 3. The second-order valence-corrected chi connectivity index (χ2v) is 8.30. The number of H-pyrrole nitrogens is 1. The van der Waals surface area contributed by atoms with Crippen LogP contribution in [0.1, 0.15) is 17.0 Å². The Morgan fingerprint density at radius 1 is 1.00 bits per heavy atom. The fourth-order valence-corrected chi connectivity index (χ4v) is 4.09. The van der Waals surface area contributed by atoms with E-state index in [9.17, 15) is 4.79 Å². The van der Waals surface area contributed by atoms with Crippen molar-refractivity contribution in [1.29, 1.82) is 0 Å². The maximum atomic E-state index is 13.1. The van der Waals surface area contributed by atoms with Crippen LogP contribution in [0.3, 0.4) is 0 Å². The third-order valence-corrected chi connectivity index (χ3v) is 5.84. The lowest BCUT2D eigenvalue weighted by Gasteiger charge is -2.10. The molecular formula is C26H22ClN5O. The Morgan fingerprint density at radius 3 is 2.64 bits per heavy atom. The van der Waals surface area contributed by atoms with Gasteiger partial charge in [0.05, 0.1) is 22.3 Å². The average molecular weight is 456 g/mol. The molecule has 0 bridgehead atoms. The first-order valence-corrected chi connectivity index (χ1v) is 11.0. The Balaban J connectivity index is 1.50. The molecular weight excluding hydrogens is 434 g/mol. The molecule has 0 aliphatic carbocycles. The molecule has 0 radical (unpaired) electrons. The number of hydrogen-bond acceptors (Lipinski definition) is 4. The molecule has 0 aliphatic rings.